The Morgan fingerprint density at radius 2 is 2.13 bits per heavy atom. The van der Waals surface area contributed by atoms with Crippen molar-refractivity contribution in [1.29, 1.82) is 0 Å². The standard InChI is InChI=1S/C12H20N2O/c1-4-5-9-14(2)10-7-6-8-11(15-3)12(10)13/h6-8H,4-5,9,13H2,1-3H3. The van der Waals surface area contributed by atoms with Crippen LogP contribution in [0.1, 0.15) is 19.8 Å². The SMILES string of the molecule is CCCCN(C)c1cccc(OC)c1N. The van der Waals surface area contributed by atoms with E-state index in [1.54, 1.807) is 7.11 Å². The highest BCUT2D eigenvalue weighted by Crippen LogP contribution is 2.31. The number of nitrogens with zero attached hydrogens (tertiary/aromatic N) is 1. The van der Waals surface area contributed by atoms with Crippen LogP contribution in [0.5, 0.6) is 5.75 Å². The van der Waals surface area contributed by atoms with Gasteiger partial charge in [-0.2, -0.15) is 0 Å². The first-order chi connectivity index (χ1) is 7.20. The lowest BCUT2D eigenvalue weighted by atomic mass is 10.2. The summed E-state index contributed by atoms with van der Waals surface area (Å²) >= 11 is 0. The molecule has 2 N–H and O–H groups in total. The van der Waals surface area contributed by atoms with Gasteiger partial charge in [-0.3, -0.25) is 0 Å². The first-order valence-corrected chi connectivity index (χ1v) is 5.34. The lowest BCUT2D eigenvalue weighted by Gasteiger charge is -2.21. The Morgan fingerprint density at radius 1 is 1.40 bits per heavy atom. The highest BCUT2D eigenvalue weighted by Gasteiger charge is 2.08. The fourth-order valence-electron chi connectivity index (χ4n) is 1.56. The molecule has 0 aliphatic rings. The smallest absolute Gasteiger partial charge is 0.143 e. The molecule has 0 fully saturated rings. The van der Waals surface area contributed by atoms with Crippen molar-refractivity contribution in [3.05, 3.63) is 18.2 Å². The quantitative estimate of drug-likeness (QED) is 0.756. The molecule has 0 aliphatic carbocycles. The zero-order valence-corrected chi connectivity index (χ0v) is 9.79. The van der Waals surface area contributed by atoms with Crippen LogP contribution < -0.4 is 15.4 Å². The summed E-state index contributed by atoms with van der Waals surface area (Å²) in [6.07, 6.45) is 2.36. The van der Waals surface area contributed by atoms with Crippen LogP contribution in [0.25, 0.3) is 0 Å². The van der Waals surface area contributed by atoms with E-state index < -0.39 is 0 Å². The maximum atomic E-state index is 6.00. The summed E-state index contributed by atoms with van der Waals surface area (Å²) in [7, 11) is 3.70. The highest BCUT2D eigenvalue weighted by atomic mass is 16.5. The number of benzene rings is 1. The molecule has 0 amide bonds. The number of nitrogens with two attached hydrogens (primary N) is 1. The number of unbranched alkanes of at least 4 members (excludes halogenated alkanes) is 1. The lowest BCUT2D eigenvalue weighted by Crippen LogP contribution is -2.19. The van der Waals surface area contributed by atoms with Crippen LogP contribution in [-0.2, 0) is 0 Å². The Bertz CT molecular complexity index is 312. The van der Waals surface area contributed by atoms with Crippen LogP contribution in [0, 0.1) is 0 Å². The molecule has 3 heteroatoms. The Morgan fingerprint density at radius 3 is 2.73 bits per heavy atom. The summed E-state index contributed by atoms with van der Waals surface area (Å²) in [6, 6.07) is 5.87. The molecule has 0 saturated heterocycles. The van der Waals surface area contributed by atoms with Gasteiger partial charge in [-0.1, -0.05) is 19.4 Å². The van der Waals surface area contributed by atoms with Crippen molar-refractivity contribution in [2.75, 3.05) is 31.3 Å². The molecule has 0 heterocycles. The highest BCUT2D eigenvalue weighted by molar-refractivity contribution is 5.73. The summed E-state index contributed by atoms with van der Waals surface area (Å²) in [6.45, 7) is 3.21. The van der Waals surface area contributed by atoms with Crippen LogP contribution in [0.15, 0.2) is 18.2 Å². The minimum absolute atomic E-state index is 0.721. The molecule has 1 rings (SSSR count). The number of nitrogen functional groups attached to an aromatic ring is 1. The first-order valence-electron chi connectivity index (χ1n) is 5.34. The fourth-order valence-corrected chi connectivity index (χ4v) is 1.56. The van der Waals surface area contributed by atoms with Gasteiger partial charge in [0, 0.05) is 13.6 Å². The minimum Gasteiger partial charge on any atom is -0.495 e. The second-order valence-corrected chi connectivity index (χ2v) is 3.67. The van der Waals surface area contributed by atoms with Gasteiger partial charge in [-0.05, 0) is 18.6 Å². The van der Waals surface area contributed by atoms with Gasteiger partial charge in [0.05, 0.1) is 18.5 Å². The van der Waals surface area contributed by atoms with E-state index in [1.165, 1.54) is 12.8 Å². The van der Waals surface area contributed by atoms with Gasteiger partial charge in [0.15, 0.2) is 0 Å². The van der Waals surface area contributed by atoms with E-state index in [-0.39, 0.29) is 0 Å². The van der Waals surface area contributed by atoms with Crippen molar-refractivity contribution in [2.24, 2.45) is 0 Å². The van der Waals surface area contributed by atoms with Gasteiger partial charge < -0.3 is 15.4 Å². The maximum absolute atomic E-state index is 6.00. The van der Waals surface area contributed by atoms with Crippen molar-refractivity contribution >= 4 is 11.4 Å². The second kappa shape index (κ2) is 5.49. The van der Waals surface area contributed by atoms with Gasteiger partial charge in [0.2, 0.25) is 0 Å². The topological polar surface area (TPSA) is 38.5 Å². The van der Waals surface area contributed by atoms with Crippen LogP contribution in [0.3, 0.4) is 0 Å². The third-order valence-corrected chi connectivity index (χ3v) is 2.52. The summed E-state index contributed by atoms with van der Waals surface area (Å²) in [5.74, 6) is 0.746. The zero-order chi connectivity index (χ0) is 11.3. The molecule has 1 aromatic rings. The maximum Gasteiger partial charge on any atom is 0.143 e. The molecule has 0 aromatic heterocycles. The van der Waals surface area contributed by atoms with Crippen molar-refractivity contribution in [2.45, 2.75) is 19.8 Å². The van der Waals surface area contributed by atoms with Gasteiger partial charge in [-0.15, -0.1) is 0 Å². The molecule has 1 aromatic carbocycles. The van der Waals surface area contributed by atoms with E-state index in [2.05, 4.69) is 18.9 Å². The zero-order valence-electron chi connectivity index (χ0n) is 9.79. The molecule has 15 heavy (non-hydrogen) atoms. The number of hydrogen-bond donors (Lipinski definition) is 1. The van der Waals surface area contributed by atoms with Gasteiger partial charge in [0.25, 0.3) is 0 Å². The number of rotatable bonds is 5. The van der Waals surface area contributed by atoms with E-state index in [4.69, 9.17) is 10.5 Å². The van der Waals surface area contributed by atoms with Gasteiger partial charge >= 0.3 is 0 Å². The Labute approximate surface area is 91.8 Å². The first kappa shape index (κ1) is 11.7. The lowest BCUT2D eigenvalue weighted by molar-refractivity contribution is 0.417. The van der Waals surface area contributed by atoms with E-state index >= 15 is 0 Å². The predicted octanol–water partition coefficient (Wildman–Crippen LogP) is 2.51. The van der Waals surface area contributed by atoms with Crippen molar-refractivity contribution in [1.82, 2.24) is 0 Å². The van der Waals surface area contributed by atoms with Gasteiger partial charge in [0.1, 0.15) is 5.75 Å². The predicted molar refractivity (Wildman–Crippen MR) is 65.6 cm³/mol. The molecule has 3 nitrogen and oxygen atoms in total. The van der Waals surface area contributed by atoms with E-state index in [0.29, 0.717) is 0 Å². The third-order valence-electron chi connectivity index (χ3n) is 2.52. The second-order valence-electron chi connectivity index (χ2n) is 3.67. The fraction of sp³-hybridized carbons (Fsp3) is 0.500. The van der Waals surface area contributed by atoms with Crippen LogP contribution >= 0.6 is 0 Å². The number of methoxy groups -OCH3 is 1. The summed E-state index contributed by atoms with van der Waals surface area (Å²) in [5.41, 5.74) is 7.77. The normalized spacial score (nSPS) is 10.1. The van der Waals surface area contributed by atoms with E-state index in [1.807, 2.05) is 18.2 Å². The summed E-state index contributed by atoms with van der Waals surface area (Å²) < 4.78 is 5.19. The van der Waals surface area contributed by atoms with Crippen molar-refractivity contribution in [3.8, 4) is 5.75 Å². The molecule has 0 saturated carbocycles. The molecule has 0 radical (unpaired) electrons. The molecule has 0 bridgehead atoms. The number of para-hydroxylation sites is 1. The Kier molecular flexibility index (Phi) is 4.28. The average molecular weight is 208 g/mol. The molecular weight excluding hydrogens is 188 g/mol. The molecule has 0 atom stereocenters. The monoisotopic (exact) mass is 208 g/mol. The number of ether oxygens (including phenoxy) is 1. The van der Waals surface area contributed by atoms with Crippen LogP contribution in [0.4, 0.5) is 11.4 Å². The van der Waals surface area contributed by atoms with Gasteiger partial charge in [-0.25, -0.2) is 0 Å². The van der Waals surface area contributed by atoms with Crippen LogP contribution in [0.2, 0.25) is 0 Å². The molecule has 0 aliphatic heterocycles. The summed E-state index contributed by atoms with van der Waals surface area (Å²) in [4.78, 5) is 2.17. The van der Waals surface area contributed by atoms with Crippen LogP contribution in [-0.4, -0.2) is 20.7 Å². The third kappa shape index (κ3) is 2.78. The average Bonchev–Trinajstić information content (AvgIpc) is 2.26. The largest absolute Gasteiger partial charge is 0.495 e. The summed E-state index contributed by atoms with van der Waals surface area (Å²) in [5, 5.41) is 0. The Hall–Kier alpha value is -1.38. The molecular formula is C12H20N2O. The molecule has 0 unspecified atom stereocenters. The number of hydrogen-bond acceptors (Lipinski definition) is 3. The van der Waals surface area contributed by atoms with E-state index in [9.17, 15) is 0 Å². The van der Waals surface area contributed by atoms with E-state index in [0.717, 1.165) is 23.7 Å². The van der Waals surface area contributed by atoms with Crippen molar-refractivity contribution < 1.29 is 4.74 Å². The minimum atomic E-state index is 0.721. The number of anilines is 2. The molecule has 84 valence electrons. The molecule has 0 spiro atoms. The van der Waals surface area contributed by atoms with Crippen molar-refractivity contribution in [3.63, 3.8) is 0 Å². The Balaban J connectivity index is 2.83.